The lowest BCUT2D eigenvalue weighted by molar-refractivity contribution is -0.124. The number of thiazole rings is 1. The molecule has 7 heteroatoms. The van der Waals surface area contributed by atoms with E-state index in [1.165, 1.54) is 37.8 Å². The van der Waals surface area contributed by atoms with Crippen LogP contribution in [0.2, 0.25) is 0 Å². The Labute approximate surface area is 161 Å². The zero-order valence-corrected chi connectivity index (χ0v) is 16.5. The maximum Gasteiger partial charge on any atom is 0.223 e. The van der Waals surface area contributed by atoms with E-state index >= 15 is 0 Å². The summed E-state index contributed by atoms with van der Waals surface area (Å²) in [6, 6.07) is 0.216. The number of amides is 1. The SMILES string of the molecule is Cl.Cl.NC1CCC(C(=O)NCCc2nc(C3CCCCC3)cs2)C1. The lowest BCUT2D eigenvalue weighted by atomic mass is 9.87. The summed E-state index contributed by atoms with van der Waals surface area (Å²) in [5.41, 5.74) is 7.15. The molecule has 2 atom stereocenters. The molecule has 0 radical (unpaired) electrons. The zero-order chi connectivity index (χ0) is 15.4. The average Bonchev–Trinajstić information content (AvgIpc) is 3.17. The van der Waals surface area contributed by atoms with E-state index in [2.05, 4.69) is 10.7 Å². The number of hydrogen-bond donors (Lipinski definition) is 2. The first kappa shape index (κ1) is 21.7. The van der Waals surface area contributed by atoms with E-state index in [9.17, 15) is 4.79 Å². The average molecular weight is 394 g/mol. The molecular weight excluding hydrogens is 365 g/mol. The van der Waals surface area contributed by atoms with Crippen molar-refractivity contribution in [2.24, 2.45) is 11.7 Å². The van der Waals surface area contributed by atoms with E-state index < -0.39 is 0 Å². The number of carbonyl (C=O) groups excluding carboxylic acids is 1. The van der Waals surface area contributed by atoms with Gasteiger partial charge >= 0.3 is 0 Å². The van der Waals surface area contributed by atoms with Gasteiger partial charge < -0.3 is 11.1 Å². The van der Waals surface area contributed by atoms with Crippen molar-refractivity contribution in [3.05, 3.63) is 16.1 Å². The van der Waals surface area contributed by atoms with Gasteiger partial charge in [-0.3, -0.25) is 4.79 Å². The molecule has 2 saturated carbocycles. The molecule has 4 nitrogen and oxygen atoms in total. The van der Waals surface area contributed by atoms with Crippen molar-refractivity contribution >= 4 is 42.1 Å². The van der Waals surface area contributed by atoms with Gasteiger partial charge in [0.2, 0.25) is 5.91 Å². The van der Waals surface area contributed by atoms with Crippen LogP contribution < -0.4 is 11.1 Å². The second-order valence-electron chi connectivity index (χ2n) is 6.81. The monoisotopic (exact) mass is 393 g/mol. The van der Waals surface area contributed by atoms with Crippen molar-refractivity contribution in [1.29, 1.82) is 0 Å². The van der Waals surface area contributed by atoms with E-state index in [1.54, 1.807) is 11.3 Å². The minimum Gasteiger partial charge on any atom is -0.355 e. The van der Waals surface area contributed by atoms with Gasteiger partial charge in [-0.25, -0.2) is 4.98 Å². The van der Waals surface area contributed by atoms with Gasteiger partial charge in [0.1, 0.15) is 0 Å². The van der Waals surface area contributed by atoms with Crippen LogP contribution in [0.15, 0.2) is 5.38 Å². The molecule has 3 rings (SSSR count). The Bertz CT molecular complexity index is 506. The molecule has 0 spiro atoms. The first-order chi connectivity index (χ1) is 10.7. The molecule has 1 aromatic heterocycles. The van der Waals surface area contributed by atoms with Crippen LogP contribution in [-0.2, 0) is 11.2 Å². The minimum absolute atomic E-state index is 0. The summed E-state index contributed by atoms with van der Waals surface area (Å²) >= 11 is 1.75. The molecule has 1 heterocycles. The van der Waals surface area contributed by atoms with Crippen LogP contribution >= 0.6 is 36.2 Å². The van der Waals surface area contributed by atoms with Crippen molar-refractivity contribution < 1.29 is 4.79 Å². The van der Waals surface area contributed by atoms with E-state index in [0.29, 0.717) is 12.5 Å². The second-order valence-corrected chi connectivity index (χ2v) is 7.75. The maximum atomic E-state index is 12.0. The summed E-state index contributed by atoms with van der Waals surface area (Å²) in [6.45, 7) is 0.697. The third-order valence-electron chi connectivity index (χ3n) is 5.08. The molecule has 2 aliphatic rings. The van der Waals surface area contributed by atoms with E-state index in [-0.39, 0.29) is 42.7 Å². The molecule has 24 heavy (non-hydrogen) atoms. The van der Waals surface area contributed by atoms with Crippen LogP contribution in [-0.4, -0.2) is 23.5 Å². The summed E-state index contributed by atoms with van der Waals surface area (Å²) in [5, 5.41) is 6.44. The van der Waals surface area contributed by atoms with Crippen molar-refractivity contribution in [3.63, 3.8) is 0 Å². The van der Waals surface area contributed by atoms with Gasteiger partial charge in [-0.2, -0.15) is 0 Å². The Morgan fingerprint density at radius 1 is 1.21 bits per heavy atom. The van der Waals surface area contributed by atoms with Crippen molar-refractivity contribution in [2.75, 3.05) is 6.54 Å². The highest BCUT2D eigenvalue weighted by Gasteiger charge is 2.27. The van der Waals surface area contributed by atoms with Gasteiger partial charge in [-0.05, 0) is 32.1 Å². The molecule has 0 saturated heterocycles. The Morgan fingerprint density at radius 3 is 2.62 bits per heavy atom. The molecular formula is C17H29Cl2N3OS. The number of aromatic nitrogens is 1. The highest BCUT2D eigenvalue weighted by molar-refractivity contribution is 7.09. The topological polar surface area (TPSA) is 68.0 Å². The number of hydrogen-bond acceptors (Lipinski definition) is 4. The van der Waals surface area contributed by atoms with Gasteiger partial charge in [-0.1, -0.05) is 19.3 Å². The molecule has 0 aliphatic heterocycles. The van der Waals surface area contributed by atoms with Gasteiger partial charge in [0, 0.05) is 36.2 Å². The molecule has 2 unspecified atom stereocenters. The van der Waals surface area contributed by atoms with Gasteiger partial charge in [0.05, 0.1) is 10.7 Å². The van der Waals surface area contributed by atoms with Crippen molar-refractivity contribution in [1.82, 2.24) is 10.3 Å². The van der Waals surface area contributed by atoms with E-state index in [1.807, 2.05) is 0 Å². The number of nitrogens with zero attached hydrogens (tertiary/aromatic N) is 1. The first-order valence-corrected chi connectivity index (χ1v) is 9.58. The smallest absolute Gasteiger partial charge is 0.223 e. The third-order valence-corrected chi connectivity index (χ3v) is 6.00. The quantitative estimate of drug-likeness (QED) is 0.798. The predicted octanol–water partition coefficient (Wildman–Crippen LogP) is 3.82. The van der Waals surface area contributed by atoms with Crippen LogP contribution in [0.1, 0.15) is 68.0 Å². The molecule has 138 valence electrons. The largest absolute Gasteiger partial charge is 0.355 e. The van der Waals surface area contributed by atoms with Crippen molar-refractivity contribution in [2.45, 2.75) is 69.7 Å². The fourth-order valence-electron chi connectivity index (χ4n) is 3.72. The maximum absolute atomic E-state index is 12.0. The van der Waals surface area contributed by atoms with E-state index in [0.717, 1.165) is 30.7 Å². The van der Waals surface area contributed by atoms with Gasteiger partial charge in [0.15, 0.2) is 0 Å². The molecule has 1 amide bonds. The highest BCUT2D eigenvalue weighted by Crippen LogP contribution is 2.33. The number of carbonyl (C=O) groups is 1. The Hall–Kier alpha value is -0.360. The van der Waals surface area contributed by atoms with Crippen LogP contribution in [0.4, 0.5) is 0 Å². The number of nitrogens with two attached hydrogens (primary N) is 1. The second kappa shape index (κ2) is 10.6. The van der Waals surface area contributed by atoms with Crippen LogP contribution in [0.5, 0.6) is 0 Å². The zero-order valence-electron chi connectivity index (χ0n) is 14.0. The molecule has 2 fully saturated rings. The fraction of sp³-hybridized carbons (Fsp3) is 0.765. The van der Waals surface area contributed by atoms with Crippen LogP contribution in [0.3, 0.4) is 0 Å². The summed E-state index contributed by atoms with van der Waals surface area (Å²) < 4.78 is 0. The molecule has 2 aliphatic carbocycles. The standard InChI is InChI=1S/C17H27N3OS.2ClH/c18-14-7-6-13(10-14)17(21)19-9-8-16-20-15(11-22-16)12-4-2-1-3-5-12;;/h11-14H,1-10,18H2,(H,19,21);2*1H. The predicted molar refractivity (Wildman–Crippen MR) is 104 cm³/mol. The molecule has 3 N–H and O–H groups in total. The fourth-order valence-corrected chi connectivity index (χ4v) is 4.60. The normalized spacial score (nSPS) is 24.0. The molecule has 0 aromatic carbocycles. The summed E-state index contributed by atoms with van der Waals surface area (Å²) in [6.07, 6.45) is 10.3. The highest BCUT2D eigenvalue weighted by atomic mass is 35.5. The number of nitrogens with one attached hydrogen (secondary N) is 1. The first-order valence-electron chi connectivity index (χ1n) is 8.70. The number of rotatable bonds is 5. The Kier molecular flexibility index (Phi) is 9.57. The van der Waals surface area contributed by atoms with Crippen LogP contribution in [0, 0.1) is 5.92 Å². The molecule has 0 bridgehead atoms. The lowest BCUT2D eigenvalue weighted by Crippen LogP contribution is -2.31. The van der Waals surface area contributed by atoms with E-state index in [4.69, 9.17) is 10.7 Å². The Morgan fingerprint density at radius 2 is 1.96 bits per heavy atom. The number of halogens is 2. The minimum atomic E-state index is 0. The summed E-state index contributed by atoms with van der Waals surface area (Å²) in [5.74, 6) is 0.981. The third kappa shape index (κ3) is 5.87. The van der Waals surface area contributed by atoms with Gasteiger partial charge in [-0.15, -0.1) is 36.2 Å². The van der Waals surface area contributed by atoms with Gasteiger partial charge in [0.25, 0.3) is 0 Å². The molecule has 1 aromatic rings. The summed E-state index contributed by atoms with van der Waals surface area (Å²) in [4.78, 5) is 16.8. The Balaban J connectivity index is 0.00000144. The lowest BCUT2D eigenvalue weighted by Gasteiger charge is -2.19. The van der Waals surface area contributed by atoms with Crippen LogP contribution in [0.25, 0.3) is 0 Å². The van der Waals surface area contributed by atoms with Crippen molar-refractivity contribution in [3.8, 4) is 0 Å². The summed E-state index contributed by atoms with van der Waals surface area (Å²) in [7, 11) is 0.